The van der Waals surface area contributed by atoms with E-state index in [-0.39, 0.29) is 21.9 Å². The van der Waals surface area contributed by atoms with Gasteiger partial charge < -0.3 is 19.0 Å². The summed E-state index contributed by atoms with van der Waals surface area (Å²) in [7, 11) is 0. The number of anilines is 1. The maximum absolute atomic E-state index is 12.9. The van der Waals surface area contributed by atoms with Crippen molar-refractivity contribution in [3.8, 4) is 17.3 Å². The van der Waals surface area contributed by atoms with Crippen molar-refractivity contribution in [1.29, 1.82) is 5.26 Å². The summed E-state index contributed by atoms with van der Waals surface area (Å²) in [5.41, 5.74) is 2.62. The SMILES string of the molecule is Cc1cc(-c2cc(C(=O)OCC(=O)Nc3ccc(C#N)c(Cl)c3)c3c(C)noc3n2)c(C)o1. The van der Waals surface area contributed by atoms with Gasteiger partial charge in [0.25, 0.3) is 11.6 Å². The van der Waals surface area contributed by atoms with E-state index in [1.807, 2.05) is 13.0 Å². The number of carbonyl (C=O) groups excluding carboxylic acids is 2. The second kappa shape index (κ2) is 8.76. The van der Waals surface area contributed by atoms with E-state index in [9.17, 15) is 9.59 Å². The number of ether oxygens (including phenoxy) is 1. The number of nitrogens with zero attached hydrogens (tertiary/aromatic N) is 3. The molecule has 0 saturated carbocycles. The number of halogens is 1. The summed E-state index contributed by atoms with van der Waals surface area (Å²) in [4.78, 5) is 29.6. The number of benzene rings is 1. The lowest BCUT2D eigenvalue weighted by Crippen LogP contribution is -2.21. The van der Waals surface area contributed by atoms with Gasteiger partial charge in [0.2, 0.25) is 0 Å². The molecule has 0 fully saturated rings. The quantitative estimate of drug-likeness (QED) is 0.419. The molecule has 4 aromatic rings. The molecule has 9 nitrogen and oxygen atoms in total. The zero-order chi connectivity index (χ0) is 23.7. The van der Waals surface area contributed by atoms with Gasteiger partial charge in [-0.3, -0.25) is 4.79 Å². The first-order chi connectivity index (χ1) is 15.8. The minimum atomic E-state index is -0.735. The Labute approximate surface area is 192 Å². The van der Waals surface area contributed by atoms with Gasteiger partial charge in [-0.25, -0.2) is 9.78 Å². The Kier molecular flexibility index (Phi) is 5.85. The van der Waals surface area contributed by atoms with Gasteiger partial charge in [0.15, 0.2) is 6.61 Å². The number of rotatable bonds is 5. The highest BCUT2D eigenvalue weighted by molar-refractivity contribution is 6.32. The minimum absolute atomic E-state index is 0.168. The zero-order valence-electron chi connectivity index (χ0n) is 17.9. The average Bonchev–Trinajstić information content (AvgIpc) is 3.32. The summed E-state index contributed by atoms with van der Waals surface area (Å²) in [6.07, 6.45) is 0. The lowest BCUT2D eigenvalue weighted by Gasteiger charge is -2.09. The Morgan fingerprint density at radius 3 is 2.67 bits per heavy atom. The van der Waals surface area contributed by atoms with Crippen molar-refractivity contribution in [3.63, 3.8) is 0 Å². The van der Waals surface area contributed by atoms with Gasteiger partial charge >= 0.3 is 5.97 Å². The fourth-order valence-corrected chi connectivity index (χ4v) is 3.59. The van der Waals surface area contributed by atoms with Crippen LogP contribution in [-0.4, -0.2) is 28.6 Å². The second-order valence-electron chi connectivity index (χ2n) is 7.26. The van der Waals surface area contributed by atoms with Gasteiger partial charge in [-0.2, -0.15) is 5.26 Å². The van der Waals surface area contributed by atoms with Crippen molar-refractivity contribution >= 4 is 40.3 Å². The van der Waals surface area contributed by atoms with Gasteiger partial charge in [-0.15, -0.1) is 0 Å². The molecule has 0 spiro atoms. The molecular formula is C23H17ClN4O5. The molecule has 0 unspecified atom stereocenters. The second-order valence-corrected chi connectivity index (χ2v) is 7.67. The molecule has 0 aliphatic carbocycles. The third kappa shape index (κ3) is 4.42. The summed E-state index contributed by atoms with van der Waals surface area (Å²) in [5.74, 6) is 0.0241. The maximum atomic E-state index is 12.9. The lowest BCUT2D eigenvalue weighted by atomic mass is 10.1. The van der Waals surface area contributed by atoms with E-state index in [0.29, 0.717) is 39.5 Å². The molecule has 0 aliphatic heterocycles. The highest BCUT2D eigenvalue weighted by Crippen LogP contribution is 2.30. The van der Waals surface area contributed by atoms with E-state index in [4.69, 9.17) is 30.5 Å². The summed E-state index contributed by atoms with van der Waals surface area (Å²) >= 11 is 5.97. The number of carbonyl (C=O) groups is 2. The first kappa shape index (κ1) is 22.0. The largest absolute Gasteiger partial charge is 0.466 e. The highest BCUT2D eigenvalue weighted by atomic mass is 35.5. The summed E-state index contributed by atoms with van der Waals surface area (Å²) in [6, 6.07) is 9.74. The van der Waals surface area contributed by atoms with Crippen LogP contribution in [0.4, 0.5) is 5.69 Å². The van der Waals surface area contributed by atoms with Crippen molar-refractivity contribution in [3.05, 3.63) is 63.7 Å². The van der Waals surface area contributed by atoms with Crippen LogP contribution < -0.4 is 5.32 Å². The summed E-state index contributed by atoms with van der Waals surface area (Å²) in [6.45, 7) is 4.74. The molecule has 1 N–H and O–H groups in total. The molecular weight excluding hydrogens is 448 g/mol. The highest BCUT2D eigenvalue weighted by Gasteiger charge is 2.22. The predicted octanol–water partition coefficient (Wildman–Crippen LogP) is 4.73. The molecule has 0 bridgehead atoms. The number of amides is 1. The van der Waals surface area contributed by atoms with Crippen molar-refractivity contribution in [1.82, 2.24) is 10.1 Å². The van der Waals surface area contributed by atoms with Gasteiger partial charge in [0, 0.05) is 11.3 Å². The molecule has 0 radical (unpaired) electrons. The van der Waals surface area contributed by atoms with Gasteiger partial charge in [-0.05, 0) is 51.1 Å². The fourth-order valence-electron chi connectivity index (χ4n) is 3.37. The third-order valence-electron chi connectivity index (χ3n) is 4.86. The number of nitrogens with one attached hydrogen (secondary N) is 1. The van der Waals surface area contributed by atoms with Gasteiger partial charge in [0.1, 0.15) is 17.6 Å². The lowest BCUT2D eigenvalue weighted by molar-refractivity contribution is -0.119. The Bertz CT molecular complexity index is 1450. The molecule has 166 valence electrons. The number of pyridine rings is 1. The van der Waals surface area contributed by atoms with E-state index >= 15 is 0 Å². The van der Waals surface area contributed by atoms with Crippen LogP contribution in [0.2, 0.25) is 5.02 Å². The zero-order valence-corrected chi connectivity index (χ0v) is 18.6. The van der Waals surface area contributed by atoms with Crippen LogP contribution in [0.15, 0.2) is 39.3 Å². The monoisotopic (exact) mass is 464 g/mol. The van der Waals surface area contributed by atoms with Crippen LogP contribution in [0.1, 0.15) is 33.1 Å². The van der Waals surface area contributed by atoms with Crippen LogP contribution in [0, 0.1) is 32.1 Å². The molecule has 0 saturated heterocycles. The smallest absolute Gasteiger partial charge is 0.339 e. The van der Waals surface area contributed by atoms with Crippen LogP contribution >= 0.6 is 11.6 Å². The van der Waals surface area contributed by atoms with Gasteiger partial charge in [0.05, 0.1) is 32.9 Å². The normalized spacial score (nSPS) is 10.8. The molecule has 4 rings (SSSR count). The minimum Gasteiger partial charge on any atom is -0.466 e. The molecule has 3 heterocycles. The molecule has 1 aromatic carbocycles. The molecule has 10 heteroatoms. The van der Waals surface area contributed by atoms with Crippen molar-refractivity contribution in [2.45, 2.75) is 20.8 Å². The van der Waals surface area contributed by atoms with E-state index in [1.54, 1.807) is 26.0 Å². The number of aromatic nitrogens is 2. The van der Waals surface area contributed by atoms with Crippen LogP contribution in [0.25, 0.3) is 22.4 Å². The molecule has 1 amide bonds. The molecule has 0 atom stereocenters. The van der Waals surface area contributed by atoms with Crippen LogP contribution in [-0.2, 0) is 9.53 Å². The Morgan fingerprint density at radius 2 is 2.00 bits per heavy atom. The molecule has 3 aromatic heterocycles. The summed E-state index contributed by atoms with van der Waals surface area (Å²) < 4.78 is 16.1. The number of hydrogen-bond donors (Lipinski definition) is 1. The van der Waals surface area contributed by atoms with E-state index < -0.39 is 18.5 Å². The first-order valence-electron chi connectivity index (χ1n) is 9.78. The van der Waals surface area contributed by atoms with Gasteiger partial charge in [-0.1, -0.05) is 16.8 Å². The summed E-state index contributed by atoms with van der Waals surface area (Å²) in [5, 5.41) is 16.0. The number of nitriles is 1. The number of hydrogen-bond acceptors (Lipinski definition) is 8. The topological polar surface area (TPSA) is 131 Å². The van der Waals surface area contributed by atoms with Crippen LogP contribution in [0.5, 0.6) is 0 Å². The Balaban J connectivity index is 1.56. The fraction of sp³-hybridized carbons (Fsp3) is 0.174. The molecule has 33 heavy (non-hydrogen) atoms. The predicted molar refractivity (Wildman–Crippen MR) is 119 cm³/mol. The van der Waals surface area contributed by atoms with E-state index in [2.05, 4.69) is 15.5 Å². The average molecular weight is 465 g/mol. The number of furan rings is 1. The van der Waals surface area contributed by atoms with Crippen molar-refractivity contribution < 1.29 is 23.3 Å². The van der Waals surface area contributed by atoms with Crippen molar-refractivity contribution in [2.24, 2.45) is 0 Å². The third-order valence-corrected chi connectivity index (χ3v) is 5.17. The number of esters is 1. The van der Waals surface area contributed by atoms with Crippen molar-refractivity contribution in [2.75, 3.05) is 11.9 Å². The standard InChI is InChI=1S/C23H17ClN4O5/c1-11-6-16(13(3)32-11)19-8-17(21-12(2)28-33-22(21)27-19)23(30)31-10-20(29)26-15-5-4-14(9-25)18(24)7-15/h4-8H,10H2,1-3H3,(H,26,29). The number of fused-ring (bicyclic) bond motifs is 1. The van der Waals surface area contributed by atoms with E-state index in [0.717, 1.165) is 0 Å². The molecule has 0 aliphatic rings. The first-order valence-corrected chi connectivity index (χ1v) is 10.2. The van der Waals surface area contributed by atoms with E-state index in [1.165, 1.54) is 18.2 Å². The van der Waals surface area contributed by atoms with Crippen LogP contribution in [0.3, 0.4) is 0 Å². The maximum Gasteiger partial charge on any atom is 0.339 e. The Hall–Kier alpha value is -4.16. The number of aryl methyl sites for hydroxylation is 3. The Morgan fingerprint density at radius 1 is 1.21 bits per heavy atom.